The molecule has 1 aliphatic rings. The van der Waals surface area contributed by atoms with Crippen molar-refractivity contribution in [1.82, 2.24) is 14.5 Å². The second-order valence-electron chi connectivity index (χ2n) is 13.6. The van der Waals surface area contributed by atoms with Gasteiger partial charge in [0.05, 0.1) is 11.1 Å². The van der Waals surface area contributed by atoms with Crippen molar-refractivity contribution in [2.24, 2.45) is 0 Å². The maximum atomic E-state index is 14.4. The van der Waals surface area contributed by atoms with E-state index in [0.29, 0.717) is 46.4 Å². The second-order valence-corrected chi connectivity index (χ2v) is 13.6. The third kappa shape index (κ3) is 7.10. The molecule has 0 fully saturated rings. The lowest BCUT2D eigenvalue weighted by Gasteiger charge is -2.21. The minimum atomic E-state index is -0.511. The summed E-state index contributed by atoms with van der Waals surface area (Å²) < 4.78 is 1.64. The summed E-state index contributed by atoms with van der Waals surface area (Å²) in [5.41, 5.74) is 5.85. The zero-order valence-electron chi connectivity index (χ0n) is 30.2. The van der Waals surface area contributed by atoms with Crippen LogP contribution in [-0.4, -0.2) is 38.8 Å². The number of fused-ring (bicyclic) bond motifs is 2. The number of anilines is 2. The lowest BCUT2D eigenvalue weighted by molar-refractivity contribution is 0.0657. The van der Waals surface area contributed by atoms with Crippen molar-refractivity contribution < 1.29 is 14.4 Å². The molecular weight excluding hydrogens is 651 g/mol. The number of nitrogens with one attached hydrogen (secondary N) is 2. The predicted molar refractivity (Wildman–Crippen MR) is 207 cm³/mol. The number of urea groups is 1. The molecule has 9 heteroatoms. The van der Waals surface area contributed by atoms with E-state index in [0.717, 1.165) is 35.0 Å². The van der Waals surface area contributed by atoms with Gasteiger partial charge in [-0.25, -0.2) is 9.78 Å². The molecule has 52 heavy (non-hydrogen) atoms. The van der Waals surface area contributed by atoms with Gasteiger partial charge in [-0.05, 0) is 71.3 Å². The Balaban J connectivity index is 1.36. The molecule has 4 amide bonds. The third-order valence-corrected chi connectivity index (χ3v) is 9.33. The molecule has 3 aromatic carbocycles. The molecule has 264 valence electrons. The molecule has 0 unspecified atom stereocenters. The molecule has 0 spiro atoms. The van der Waals surface area contributed by atoms with E-state index in [4.69, 9.17) is 0 Å². The number of aromatic nitrogens is 2. The van der Waals surface area contributed by atoms with Crippen molar-refractivity contribution in [3.63, 3.8) is 0 Å². The Morgan fingerprint density at radius 3 is 2.10 bits per heavy atom. The van der Waals surface area contributed by atoms with Gasteiger partial charge in [0.1, 0.15) is 11.3 Å². The van der Waals surface area contributed by atoms with E-state index >= 15 is 0 Å². The molecule has 0 bridgehead atoms. The molecule has 6 rings (SSSR count). The van der Waals surface area contributed by atoms with E-state index in [9.17, 15) is 19.2 Å². The number of hydrogen-bond acceptors (Lipinski definition) is 5. The summed E-state index contributed by atoms with van der Waals surface area (Å²) >= 11 is 0. The molecule has 9 nitrogen and oxygen atoms in total. The van der Waals surface area contributed by atoms with Crippen molar-refractivity contribution in [2.45, 2.75) is 72.3 Å². The van der Waals surface area contributed by atoms with E-state index in [1.165, 1.54) is 4.90 Å². The Labute approximate surface area is 304 Å². The van der Waals surface area contributed by atoms with Crippen molar-refractivity contribution >= 4 is 40.3 Å². The Hall–Kier alpha value is -6.01. The van der Waals surface area contributed by atoms with Gasteiger partial charge in [-0.15, -0.1) is 0 Å². The Bertz CT molecular complexity index is 2250. The van der Waals surface area contributed by atoms with Crippen LogP contribution in [0.15, 0.2) is 89.9 Å². The maximum absolute atomic E-state index is 14.4. The van der Waals surface area contributed by atoms with Gasteiger partial charge in [-0.3, -0.25) is 23.9 Å². The molecule has 2 N–H and O–H groups in total. The summed E-state index contributed by atoms with van der Waals surface area (Å²) in [6.45, 7) is 11.0. The number of unbranched alkanes of at least 4 members (excludes halogenated alkanes) is 1. The van der Waals surface area contributed by atoms with Crippen molar-refractivity contribution in [1.29, 1.82) is 0 Å². The van der Waals surface area contributed by atoms with Gasteiger partial charge in [0, 0.05) is 47.9 Å². The zero-order chi connectivity index (χ0) is 36.9. The number of aryl methyl sites for hydroxylation is 1. The number of amides is 4. The number of para-hydroxylation sites is 1. The van der Waals surface area contributed by atoms with Crippen LogP contribution in [0.2, 0.25) is 0 Å². The molecule has 0 atom stereocenters. The normalized spacial score (nSPS) is 12.3. The first-order chi connectivity index (χ1) is 25.1. The smallest absolute Gasteiger partial charge is 0.307 e. The first-order valence-corrected chi connectivity index (χ1v) is 17.9. The standard InChI is InChI=1S/C43H43N5O4/c1-6-7-24-47-39-35(22-14-23-44-39)36(38(42(47)51)46-43(52)45-37-31(27(2)3)20-13-21-32(37)28(4)5)30-17-12-16-29(26-30)15-10-11-25-48-40(49)33-18-8-9-19-34(33)41(48)50/h8-9,12-14,16-23,26-28H,6-7,11,24-25H2,1-5H3,(H2,45,46,52). The van der Waals surface area contributed by atoms with E-state index in [1.54, 1.807) is 35.0 Å². The predicted octanol–water partition coefficient (Wildman–Crippen LogP) is 8.79. The van der Waals surface area contributed by atoms with Crippen LogP contribution in [0.25, 0.3) is 22.2 Å². The summed E-state index contributed by atoms with van der Waals surface area (Å²) in [7, 11) is 0. The number of carbonyl (C=O) groups excluding carboxylic acids is 3. The quantitative estimate of drug-likeness (QED) is 0.112. The fraction of sp³-hybridized carbons (Fsp3) is 0.279. The van der Waals surface area contributed by atoms with Crippen LogP contribution in [0, 0.1) is 11.8 Å². The van der Waals surface area contributed by atoms with Crippen LogP contribution in [0.3, 0.4) is 0 Å². The Morgan fingerprint density at radius 1 is 0.788 bits per heavy atom. The van der Waals surface area contributed by atoms with Crippen LogP contribution in [0.5, 0.6) is 0 Å². The lowest BCUT2D eigenvalue weighted by Crippen LogP contribution is -2.30. The minimum Gasteiger partial charge on any atom is -0.307 e. The van der Waals surface area contributed by atoms with Crippen molar-refractivity contribution in [3.8, 4) is 23.0 Å². The van der Waals surface area contributed by atoms with Crippen LogP contribution in [0.1, 0.15) is 103 Å². The highest BCUT2D eigenvalue weighted by molar-refractivity contribution is 6.21. The third-order valence-electron chi connectivity index (χ3n) is 9.33. The number of carbonyl (C=O) groups is 3. The number of rotatable bonds is 10. The Kier molecular flexibility index (Phi) is 10.7. The first kappa shape index (κ1) is 35.8. The maximum Gasteiger partial charge on any atom is 0.323 e. The van der Waals surface area contributed by atoms with Crippen LogP contribution in [0.4, 0.5) is 16.2 Å². The topological polar surface area (TPSA) is 113 Å². The van der Waals surface area contributed by atoms with Gasteiger partial charge in [0.25, 0.3) is 17.4 Å². The first-order valence-electron chi connectivity index (χ1n) is 17.9. The highest BCUT2D eigenvalue weighted by Crippen LogP contribution is 2.35. The van der Waals surface area contributed by atoms with Crippen molar-refractivity contribution in [2.75, 3.05) is 17.2 Å². The molecule has 0 aliphatic carbocycles. The largest absolute Gasteiger partial charge is 0.323 e. The van der Waals surface area contributed by atoms with Crippen LogP contribution >= 0.6 is 0 Å². The molecule has 2 aromatic heterocycles. The Morgan fingerprint density at radius 2 is 1.44 bits per heavy atom. The molecule has 1 aliphatic heterocycles. The molecule has 3 heterocycles. The number of hydrogen-bond donors (Lipinski definition) is 2. The number of nitrogens with zero attached hydrogens (tertiary/aromatic N) is 3. The summed E-state index contributed by atoms with van der Waals surface area (Å²) in [4.78, 5) is 59.7. The van der Waals surface area contributed by atoms with E-state index < -0.39 is 6.03 Å². The highest BCUT2D eigenvalue weighted by atomic mass is 16.2. The van der Waals surface area contributed by atoms with Crippen LogP contribution < -0.4 is 16.2 Å². The van der Waals surface area contributed by atoms with Crippen LogP contribution in [-0.2, 0) is 6.54 Å². The van der Waals surface area contributed by atoms with Gasteiger partial charge < -0.3 is 10.6 Å². The minimum absolute atomic E-state index is 0.151. The van der Waals surface area contributed by atoms with Gasteiger partial charge in [-0.2, -0.15) is 0 Å². The number of imide groups is 1. The number of benzene rings is 3. The average molecular weight is 694 g/mol. The van der Waals surface area contributed by atoms with E-state index in [1.807, 2.05) is 54.6 Å². The second kappa shape index (κ2) is 15.5. The van der Waals surface area contributed by atoms with E-state index in [-0.39, 0.29) is 41.4 Å². The monoisotopic (exact) mass is 693 g/mol. The number of pyridine rings is 2. The molecule has 0 saturated carbocycles. The fourth-order valence-electron chi connectivity index (χ4n) is 6.70. The fourth-order valence-corrected chi connectivity index (χ4v) is 6.70. The van der Waals surface area contributed by atoms with Gasteiger partial charge in [0.2, 0.25) is 0 Å². The average Bonchev–Trinajstić information content (AvgIpc) is 3.38. The summed E-state index contributed by atoms with van der Waals surface area (Å²) in [5, 5.41) is 6.79. The summed E-state index contributed by atoms with van der Waals surface area (Å²) in [5.74, 6) is 5.98. The van der Waals surface area contributed by atoms with Gasteiger partial charge in [0.15, 0.2) is 0 Å². The zero-order valence-corrected chi connectivity index (χ0v) is 30.2. The molecule has 0 radical (unpaired) electrons. The molecular formula is C43H43N5O4. The summed E-state index contributed by atoms with van der Waals surface area (Å²) in [6.07, 6.45) is 3.60. The van der Waals surface area contributed by atoms with Gasteiger partial charge >= 0.3 is 6.03 Å². The highest BCUT2D eigenvalue weighted by Gasteiger charge is 2.34. The molecule has 0 saturated heterocycles. The SMILES string of the molecule is CCCCn1c(=O)c(NC(=O)Nc2c(C(C)C)cccc2C(C)C)c(-c2cccc(C#CCCN3C(=O)c4ccccc4C3=O)c2)c2cccnc21. The van der Waals surface area contributed by atoms with Gasteiger partial charge in [-0.1, -0.05) is 95.3 Å². The van der Waals surface area contributed by atoms with E-state index in [2.05, 4.69) is 62.1 Å². The van der Waals surface area contributed by atoms with Crippen molar-refractivity contribution in [3.05, 3.63) is 123 Å². The lowest BCUT2D eigenvalue weighted by atomic mass is 9.93. The summed E-state index contributed by atoms with van der Waals surface area (Å²) in [6, 6.07) is 23.5. The molecule has 5 aromatic rings.